The van der Waals surface area contributed by atoms with E-state index in [9.17, 15) is 5.26 Å². The molecule has 1 saturated heterocycles. The Bertz CT molecular complexity index is 711. The van der Waals surface area contributed by atoms with Crippen LogP contribution in [0.1, 0.15) is 24.8 Å². The second-order valence-electron chi connectivity index (χ2n) is 6.73. The lowest BCUT2D eigenvalue weighted by atomic mass is 10.0. The molecule has 1 aliphatic heterocycles. The van der Waals surface area contributed by atoms with Crippen molar-refractivity contribution in [1.29, 1.82) is 5.26 Å². The number of nitrogens with two attached hydrogens (primary N) is 1. The molecule has 0 spiro atoms. The molecule has 2 N–H and O–H groups in total. The fourth-order valence-electron chi connectivity index (χ4n) is 2.88. The molecule has 2 unspecified atom stereocenters. The zero-order chi connectivity index (χ0) is 21.2. The Morgan fingerprint density at radius 3 is 2.69 bits per heavy atom. The highest BCUT2D eigenvalue weighted by Crippen LogP contribution is 2.32. The van der Waals surface area contributed by atoms with Crippen LogP contribution in [0.15, 0.2) is 23.2 Å². The molecule has 29 heavy (non-hydrogen) atoms. The van der Waals surface area contributed by atoms with Crippen LogP contribution in [0.4, 0.5) is 0 Å². The Labute approximate surface area is 171 Å². The van der Waals surface area contributed by atoms with Gasteiger partial charge >= 0.3 is 0 Å². The van der Waals surface area contributed by atoms with Gasteiger partial charge in [0.05, 0.1) is 26.9 Å². The van der Waals surface area contributed by atoms with Crippen LogP contribution in [0, 0.1) is 11.5 Å². The first-order valence-electron chi connectivity index (χ1n) is 9.47. The van der Waals surface area contributed by atoms with Crippen molar-refractivity contribution in [1.82, 2.24) is 4.90 Å². The third-order valence-electron chi connectivity index (χ3n) is 4.72. The number of nitriles is 1. The molecule has 9 heteroatoms. The van der Waals surface area contributed by atoms with Crippen LogP contribution in [-0.2, 0) is 14.2 Å². The van der Waals surface area contributed by atoms with Gasteiger partial charge in [0, 0.05) is 33.1 Å². The molecule has 0 aromatic heterocycles. The standard InChI is InChI=1S/C20H30N4O5/c1-14(10-23-20(22)24(13-21)11-19(26-3)27-4)15-5-6-17(25-2)18(9-15)29-16-7-8-28-12-16/h5-6,9,14,16,19H,7-8,10-12H2,1-4H3,(H2,22,23). The molecule has 1 fully saturated rings. The normalized spacial score (nSPS) is 17.8. The van der Waals surface area contributed by atoms with E-state index in [4.69, 9.17) is 29.4 Å². The van der Waals surface area contributed by atoms with Gasteiger partial charge in [-0.3, -0.25) is 4.99 Å². The molecule has 1 heterocycles. The van der Waals surface area contributed by atoms with Crippen LogP contribution in [-0.4, -0.2) is 70.9 Å². The maximum atomic E-state index is 9.31. The van der Waals surface area contributed by atoms with E-state index < -0.39 is 6.29 Å². The first-order valence-corrected chi connectivity index (χ1v) is 9.47. The summed E-state index contributed by atoms with van der Waals surface area (Å²) in [5.74, 6) is 1.54. The molecular formula is C20H30N4O5. The Hall–Kier alpha value is -2.54. The molecule has 1 aromatic carbocycles. The SMILES string of the molecule is COc1ccc(C(C)CN=C(N)N(C#N)CC(OC)OC)cc1OC1CCOC1. The third kappa shape index (κ3) is 6.49. The lowest BCUT2D eigenvalue weighted by molar-refractivity contribution is -0.105. The predicted molar refractivity (Wildman–Crippen MR) is 108 cm³/mol. The van der Waals surface area contributed by atoms with Crippen molar-refractivity contribution in [3.63, 3.8) is 0 Å². The first kappa shape index (κ1) is 22.7. The zero-order valence-electron chi connectivity index (χ0n) is 17.5. The highest BCUT2D eigenvalue weighted by Gasteiger charge is 2.20. The molecular weight excluding hydrogens is 376 g/mol. The minimum absolute atomic E-state index is 0.0295. The van der Waals surface area contributed by atoms with Crippen molar-refractivity contribution in [3.05, 3.63) is 23.8 Å². The van der Waals surface area contributed by atoms with Gasteiger partial charge in [-0.2, -0.15) is 5.26 Å². The molecule has 2 atom stereocenters. The number of hydrogen-bond donors (Lipinski definition) is 1. The van der Waals surface area contributed by atoms with Crippen LogP contribution >= 0.6 is 0 Å². The largest absolute Gasteiger partial charge is 0.493 e. The zero-order valence-corrected chi connectivity index (χ0v) is 17.5. The molecule has 1 aliphatic rings. The summed E-state index contributed by atoms with van der Waals surface area (Å²) < 4.78 is 27.0. The van der Waals surface area contributed by atoms with E-state index in [1.54, 1.807) is 7.11 Å². The van der Waals surface area contributed by atoms with Gasteiger partial charge in [0.2, 0.25) is 5.96 Å². The summed E-state index contributed by atoms with van der Waals surface area (Å²) in [4.78, 5) is 5.61. The van der Waals surface area contributed by atoms with Gasteiger partial charge in [0.1, 0.15) is 6.10 Å². The molecule has 0 aliphatic carbocycles. The van der Waals surface area contributed by atoms with Crippen LogP contribution in [0.25, 0.3) is 0 Å². The van der Waals surface area contributed by atoms with E-state index in [2.05, 4.69) is 4.99 Å². The fourth-order valence-corrected chi connectivity index (χ4v) is 2.88. The quantitative estimate of drug-likeness (QED) is 0.205. The number of methoxy groups -OCH3 is 3. The van der Waals surface area contributed by atoms with Crippen molar-refractivity contribution < 1.29 is 23.7 Å². The fraction of sp³-hybridized carbons (Fsp3) is 0.600. The van der Waals surface area contributed by atoms with E-state index in [-0.39, 0.29) is 24.5 Å². The van der Waals surface area contributed by atoms with Gasteiger partial charge in [-0.15, -0.1) is 0 Å². The van der Waals surface area contributed by atoms with Gasteiger partial charge in [-0.1, -0.05) is 13.0 Å². The summed E-state index contributed by atoms with van der Waals surface area (Å²) in [5, 5.41) is 9.31. The van der Waals surface area contributed by atoms with Crippen molar-refractivity contribution >= 4 is 5.96 Å². The molecule has 9 nitrogen and oxygen atoms in total. The van der Waals surface area contributed by atoms with E-state index >= 15 is 0 Å². The average molecular weight is 406 g/mol. The molecule has 0 amide bonds. The number of ether oxygens (including phenoxy) is 5. The maximum absolute atomic E-state index is 9.31. The highest BCUT2D eigenvalue weighted by molar-refractivity contribution is 5.79. The molecule has 1 aromatic rings. The van der Waals surface area contributed by atoms with Crippen molar-refractivity contribution in [2.24, 2.45) is 10.7 Å². The number of rotatable bonds is 10. The minimum atomic E-state index is -0.568. The number of aliphatic imine (C=N–C) groups is 1. The van der Waals surface area contributed by atoms with E-state index in [1.165, 1.54) is 19.1 Å². The van der Waals surface area contributed by atoms with E-state index in [1.807, 2.05) is 31.3 Å². The Balaban J connectivity index is 2.05. The van der Waals surface area contributed by atoms with Crippen LogP contribution in [0.5, 0.6) is 11.5 Å². The summed E-state index contributed by atoms with van der Waals surface area (Å²) >= 11 is 0. The second-order valence-corrected chi connectivity index (χ2v) is 6.73. The lowest BCUT2D eigenvalue weighted by Gasteiger charge is -2.21. The molecule has 0 bridgehead atoms. The molecule has 0 saturated carbocycles. The first-order chi connectivity index (χ1) is 14.0. The summed E-state index contributed by atoms with van der Waals surface area (Å²) in [5.41, 5.74) is 7.01. The summed E-state index contributed by atoms with van der Waals surface area (Å²) in [6.07, 6.45) is 2.32. The van der Waals surface area contributed by atoms with Crippen molar-refractivity contribution in [2.75, 3.05) is 47.6 Å². The smallest absolute Gasteiger partial charge is 0.204 e. The number of hydrogen-bond acceptors (Lipinski definition) is 7. The molecule has 160 valence electrons. The van der Waals surface area contributed by atoms with Gasteiger partial charge in [0.25, 0.3) is 0 Å². The summed E-state index contributed by atoms with van der Waals surface area (Å²) in [6.45, 7) is 3.90. The topological polar surface area (TPSA) is 112 Å². The van der Waals surface area contributed by atoms with Crippen LogP contribution in [0.3, 0.4) is 0 Å². The Kier molecular flexibility index (Phi) is 8.99. The summed E-state index contributed by atoms with van der Waals surface area (Å²) in [7, 11) is 4.62. The molecule has 0 radical (unpaired) electrons. The van der Waals surface area contributed by atoms with Gasteiger partial charge in [0.15, 0.2) is 24.0 Å². The predicted octanol–water partition coefficient (Wildman–Crippen LogP) is 1.68. The van der Waals surface area contributed by atoms with Gasteiger partial charge in [-0.25, -0.2) is 4.90 Å². The second kappa shape index (κ2) is 11.5. The summed E-state index contributed by atoms with van der Waals surface area (Å²) in [6, 6.07) is 5.82. The van der Waals surface area contributed by atoms with Crippen molar-refractivity contribution in [3.8, 4) is 17.7 Å². The third-order valence-corrected chi connectivity index (χ3v) is 4.72. The maximum Gasteiger partial charge on any atom is 0.204 e. The number of guanidine groups is 1. The Morgan fingerprint density at radius 1 is 1.34 bits per heavy atom. The lowest BCUT2D eigenvalue weighted by Crippen LogP contribution is -2.40. The van der Waals surface area contributed by atoms with Gasteiger partial charge in [-0.05, 0) is 17.7 Å². The molecule has 2 rings (SSSR count). The van der Waals surface area contributed by atoms with Crippen LogP contribution in [0.2, 0.25) is 0 Å². The van der Waals surface area contributed by atoms with Crippen molar-refractivity contribution in [2.45, 2.75) is 31.7 Å². The van der Waals surface area contributed by atoms with E-state index in [0.717, 1.165) is 12.0 Å². The average Bonchev–Trinajstić information content (AvgIpc) is 3.25. The minimum Gasteiger partial charge on any atom is -0.493 e. The van der Waals surface area contributed by atoms with E-state index in [0.29, 0.717) is 31.3 Å². The number of nitrogens with zero attached hydrogens (tertiary/aromatic N) is 3. The Morgan fingerprint density at radius 2 is 2.10 bits per heavy atom. The van der Waals surface area contributed by atoms with Gasteiger partial charge < -0.3 is 29.4 Å². The highest BCUT2D eigenvalue weighted by atomic mass is 16.7. The van der Waals surface area contributed by atoms with Crippen LogP contribution < -0.4 is 15.2 Å². The number of benzene rings is 1. The monoisotopic (exact) mass is 406 g/mol.